The topological polar surface area (TPSA) is 87.2 Å². The van der Waals surface area contributed by atoms with Crippen molar-refractivity contribution in [1.29, 1.82) is 0 Å². The number of rotatable bonds is 5. The van der Waals surface area contributed by atoms with Crippen LogP contribution in [0.2, 0.25) is 0 Å². The third-order valence-electron chi connectivity index (χ3n) is 3.10. The van der Waals surface area contributed by atoms with Gasteiger partial charge >= 0.3 is 0 Å². The molecule has 1 aromatic carbocycles. The second-order valence-corrected chi connectivity index (χ2v) is 5.22. The molecule has 1 atom stereocenters. The number of hydrogen-bond donors (Lipinski definition) is 2. The number of aromatic nitrogens is 2. The molecule has 0 aliphatic heterocycles. The van der Waals surface area contributed by atoms with Crippen LogP contribution in [0.25, 0.3) is 0 Å². The number of amides is 2. The van der Waals surface area contributed by atoms with Crippen LogP contribution < -0.4 is 10.6 Å². The Labute approximate surface area is 134 Å². The molecule has 0 saturated heterocycles. The Hall–Kier alpha value is -2.96. The predicted octanol–water partition coefficient (Wildman–Crippen LogP) is 1.62. The van der Waals surface area contributed by atoms with E-state index < -0.39 is 6.04 Å². The lowest BCUT2D eigenvalue weighted by Gasteiger charge is -2.18. The van der Waals surface area contributed by atoms with Gasteiger partial charge in [0.25, 0.3) is 5.91 Å². The lowest BCUT2D eigenvalue weighted by molar-refractivity contribution is -0.129. The highest BCUT2D eigenvalue weighted by Gasteiger charge is 2.15. The standard InChI is InChI=1S/C16H19N5O2/c1-11(16(23)21(2)3)17-14-10-9-13(19-20-14)15(22)18-12-7-5-4-6-8-12/h4-11H,1-3H3,(H,17,20)(H,18,22)/t11-/m0/s1. The van der Waals surface area contributed by atoms with Gasteiger partial charge in [-0.05, 0) is 31.2 Å². The van der Waals surface area contributed by atoms with Gasteiger partial charge in [-0.25, -0.2) is 0 Å². The van der Waals surface area contributed by atoms with Gasteiger partial charge in [0.15, 0.2) is 5.69 Å². The van der Waals surface area contributed by atoms with Gasteiger partial charge in [0.05, 0.1) is 0 Å². The molecule has 23 heavy (non-hydrogen) atoms. The molecule has 2 N–H and O–H groups in total. The molecule has 0 radical (unpaired) electrons. The van der Waals surface area contributed by atoms with E-state index in [1.54, 1.807) is 45.3 Å². The summed E-state index contributed by atoms with van der Waals surface area (Å²) in [7, 11) is 3.37. The van der Waals surface area contributed by atoms with Crippen molar-refractivity contribution in [3.8, 4) is 0 Å². The van der Waals surface area contributed by atoms with Crippen LogP contribution in [0.15, 0.2) is 42.5 Å². The number of carbonyl (C=O) groups excluding carboxylic acids is 2. The van der Waals surface area contributed by atoms with Crippen LogP contribution in [0.5, 0.6) is 0 Å². The molecule has 0 aliphatic carbocycles. The van der Waals surface area contributed by atoms with E-state index in [9.17, 15) is 9.59 Å². The molecular formula is C16H19N5O2. The molecule has 2 aromatic rings. The van der Waals surface area contributed by atoms with Gasteiger partial charge in [0.1, 0.15) is 11.9 Å². The van der Waals surface area contributed by atoms with E-state index in [1.807, 2.05) is 18.2 Å². The summed E-state index contributed by atoms with van der Waals surface area (Å²) >= 11 is 0. The summed E-state index contributed by atoms with van der Waals surface area (Å²) in [4.78, 5) is 25.3. The van der Waals surface area contributed by atoms with Gasteiger partial charge in [-0.15, -0.1) is 10.2 Å². The lowest BCUT2D eigenvalue weighted by atomic mass is 10.3. The molecule has 1 heterocycles. The van der Waals surface area contributed by atoms with E-state index in [0.29, 0.717) is 11.5 Å². The van der Waals surface area contributed by atoms with Gasteiger partial charge < -0.3 is 15.5 Å². The van der Waals surface area contributed by atoms with E-state index >= 15 is 0 Å². The van der Waals surface area contributed by atoms with Crippen molar-refractivity contribution in [1.82, 2.24) is 15.1 Å². The summed E-state index contributed by atoms with van der Waals surface area (Å²) in [5.41, 5.74) is 0.887. The Kier molecular flexibility index (Phi) is 5.24. The van der Waals surface area contributed by atoms with Gasteiger partial charge in [0.2, 0.25) is 5.91 Å². The minimum atomic E-state index is -0.428. The Morgan fingerprint density at radius 1 is 1.04 bits per heavy atom. The maximum Gasteiger partial charge on any atom is 0.276 e. The quantitative estimate of drug-likeness (QED) is 0.876. The average molecular weight is 313 g/mol. The van der Waals surface area contributed by atoms with Crippen LogP contribution in [0, 0.1) is 0 Å². The SMILES string of the molecule is C[C@H](Nc1ccc(C(=O)Nc2ccccc2)nn1)C(=O)N(C)C. The molecule has 120 valence electrons. The highest BCUT2D eigenvalue weighted by Crippen LogP contribution is 2.09. The van der Waals surface area contributed by atoms with E-state index in [0.717, 1.165) is 0 Å². The number of benzene rings is 1. The molecule has 0 bridgehead atoms. The van der Waals surface area contributed by atoms with E-state index in [1.165, 1.54) is 4.90 Å². The predicted molar refractivity (Wildman–Crippen MR) is 88.2 cm³/mol. The fraction of sp³-hybridized carbons (Fsp3) is 0.250. The first-order valence-electron chi connectivity index (χ1n) is 7.15. The minimum absolute atomic E-state index is 0.0716. The number of nitrogens with one attached hydrogen (secondary N) is 2. The number of nitrogens with zero attached hydrogens (tertiary/aromatic N) is 3. The fourth-order valence-electron chi connectivity index (χ4n) is 1.92. The molecular weight excluding hydrogens is 294 g/mol. The van der Waals surface area contributed by atoms with Crippen LogP contribution in [0.1, 0.15) is 17.4 Å². The van der Waals surface area contributed by atoms with Crippen molar-refractivity contribution in [3.05, 3.63) is 48.2 Å². The summed E-state index contributed by atoms with van der Waals surface area (Å²) in [6.45, 7) is 1.74. The molecule has 0 aliphatic rings. The average Bonchev–Trinajstić information content (AvgIpc) is 2.55. The fourth-order valence-corrected chi connectivity index (χ4v) is 1.92. The summed E-state index contributed by atoms with van der Waals surface area (Å²) in [6.07, 6.45) is 0. The minimum Gasteiger partial charge on any atom is -0.357 e. The third-order valence-corrected chi connectivity index (χ3v) is 3.10. The molecule has 2 rings (SSSR count). The number of carbonyl (C=O) groups is 2. The van der Waals surface area contributed by atoms with Gasteiger partial charge in [-0.3, -0.25) is 9.59 Å². The van der Waals surface area contributed by atoms with Gasteiger partial charge in [-0.1, -0.05) is 18.2 Å². The first kappa shape index (κ1) is 16.4. The summed E-state index contributed by atoms with van der Waals surface area (Å²) in [5.74, 6) is 0.0225. The Morgan fingerprint density at radius 3 is 2.30 bits per heavy atom. The van der Waals surface area contributed by atoms with Crippen molar-refractivity contribution in [2.75, 3.05) is 24.7 Å². The van der Waals surface area contributed by atoms with Gasteiger partial charge in [0, 0.05) is 19.8 Å². The zero-order valence-electron chi connectivity index (χ0n) is 13.3. The summed E-state index contributed by atoms with van der Waals surface area (Å²) in [5, 5.41) is 13.5. The normalized spacial score (nSPS) is 11.4. The second kappa shape index (κ2) is 7.35. The number of hydrogen-bond acceptors (Lipinski definition) is 5. The van der Waals surface area contributed by atoms with E-state index in [4.69, 9.17) is 0 Å². The van der Waals surface area contributed by atoms with E-state index in [-0.39, 0.29) is 17.5 Å². The molecule has 2 amide bonds. The molecule has 1 aromatic heterocycles. The molecule has 0 spiro atoms. The Balaban J connectivity index is 1.99. The smallest absolute Gasteiger partial charge is 0.276 e. The van der Waals surface area contributed by atoms with Crippen LogP contribution in [-0.4, -0.2) is 47.0 Å². The zero-order valence-corrected chi connectivity index (χ0v) is 13.3. The highest BCUT2D eigenvalue weighted by atomic mass is 16.2. The molecule has 0 unspecified atom stereocenters. The first-order valence-corrected chi connectivity index (χ1v) is 7.15. The Morgan fingerprint density at radius 2 is 1.74 bits per heavy atom. The van der Waals surface area contributed by atoms with Gasteiger partial charge in [-0.2, -0.15) is 0 Å². The van der Waals surface area contributed by atoms with Crippen LogP contribution >= 0.6 is 0 Å². The molecule has 0 saturated carbocycles. The maximum absolute atomic E-state index is 12.1. The first-order chi connectivity index (χ1) is 11.0. The van der Waals surface area contributed by atoms with Crippen LogP contribution in [0.4, 0.5) is 11.5 Å². The third kappa shape index (κ3) is 4.50. The van der Waals surface area contributed by atoms with Crippen molar-refractivity contribution in [2.45, 2.75) is 13.0 Å². The second-order valence-electron chi connectivity index (χ2n) is 5.22. The Bertz CT molecular complexity index is 671. The lowest BCUT2D eigenvalue weighted by Crippen LogP contribution is -2.36. The van der Waals surface area contributed by atoms with Crippen molar-refractivity contribution >= 4 is 23.3 Å². The van der Waals surface area contributed by atoms with Crippen molar-refractivity contribution in [3.63, 3.8) is 0 Å². The monoisotopic (exact) mass is 313 g/mol. The van der Waals surface area contributed by atoms with Crippen LogP contribution in [-0.2, 0) is 4.79 Å². The molecule has 0 fully saturated rings. The number of likely N-dealkylation sites (N-methyl/N-ethyl adjacent to an activating group) is 1. The number of anilines is 2. The summed E-state index contributed by atoms with van der Waals surface area (Å²) in [6, 6.07) is 11.8. The summed E-state index contributed by atoms with van der Waals surface area (Å²) < 4.78 is 0. The molecule has 7 nitrogen and oxygen atoms in total. The van der Waals surface area contributed by atoms with Crippen molar-refractivity contribution < 1.29 is 9.59 Å². The van der Waals surface area contributed by atoms with Crippen LogP contribution in [0.3, 0.4) is 0 Å². The highest BCUT2D eigenvalue weighted by molar-refractivity contribution is 6.02. The number of para-hydroxylation sites is 1. The maximum atomic E-state index is 12.1. The molecule has 7 heteroatoms. The van der Waals surface area contributed by atoms with Crippen molar-refractivity contribution in [2.24, 2.45) is 0 Å². The van der Waals surface area contributed by atoms with E-state index in [2.05, 4.69) is 20.8 Å². The largest absolute Gasteiger partial charge is 0.357 e. The zero-order chi connectivity index (χ0) is 16.8.